The number of H-pyrrole nitrogens is 1. The van der Waals surface area contributed by atoms with Crippen LogP contribution in [0, 0.1) is 12.8 Å². The van der Waals surface area contributed by atoms with Gasteiger partial charge in [-0.3, -0.25) is 24.4 Å². The van der Waals surface area contributed by atoms with Crippen LogP contribution in [0.4, 0.5) is 0 Å². The van der Waals surface area contributed by atoms with Gasteiger partial charge in [-0.05, 0) is 49.9 Å². The molecule has 1 saturated heterocycles. The first-order valence-corrected chi connectivity index (χ1v) is 11.2. The Morgan fingerprint density at radius 3 is 2.39 bits per heavy atom. The van der Waals surface area contributed by atoms with Crippen molar-refractivity contribution in [2.24, 2.45) is 5.92 Å². The third-order valence-electron chi connectivity index (χ3n) is 6.47. The van der Waals surface area contributed by atoms with E-state index >= 15 is 0 Å². The summed E-state index contributed by atoms with van der Waals surface area (Å²) in [6.07, 6.45) is 3.37. The highest BCUT2D eigenvalue weighted by Crippen LogP contribution is 2.34. The smallest absolute Gasteiger partial charge is 0.279 e. The van der Waals surface area contributed by atoms with Gasteiger partial charge >= 0.3 is 0 Å². The number of piperidine rings is 1. The molecule has 2 aliphatic rings. The van der Waals surface area contributed by atoms with E-state index in [0.717, 1.165) is 12.8 Å². The van der Waals surface area contributed by atoms with Gasteiger partial charge in [-0.25, -0.2) is 4.68 Å². The molecule has 2 amide bonds. The molecule has 0 radical (unpaired) electrons. The molecule has 8 heteroatoms. The van der Waals surface area contributed by atoms with Gasteiger partial charge < -0.3 is 9.32 Å². The number of hydrogen-bond acceptors (Lipinski definition) is 5. The monoisotopic (exact) mass is 446 g/mol. The minimum atomic E-state index is -0.468. The number of benzene rings is 1. The Hall–Kier alpha value is -3.81. The number of carbonyl (C=O) groups is 2. The fraction of sp³-hybridized carbons (Fsp3) is 0.320. The zero-order valence-corrected chi connectivity index (χ0v) is 18.7. The van der Waals surface area contributed by atoms with E-state index in [9.17, 15) is 14.4 Å². The molecule has 0 spiro atoms. The van der Waals surface area contributed by atoms with Crippen molar-refractivity contribution in [2.45, 2.75) is 33.2 Å². The van der Waals surface area contributed by atoms with Crippen molar-refractivity contribution >= 4 is 17.4 Å². The van der Waals surface area contributed by atoms with E-state index in [1.807, 2.05) is 35.2 Å². The predicted octanol–water partition coefficient (Wildman–Crippen LogP) is 3.08. The van der Waals surface area contributed by atoms with Crippen LogP contribution in [0.15, 0.2) is 63.6 Å². The van der Waals surface area contributed by atoms with Crippen LogP contribution in [0.5, 0.6) is 0 Å². The Labute approximate surface area is 191 Å². The minimum Gasteiger partial charge on any atom is -0.467 e. The highest BCUT2D eigenvalue weighted by Gasteiger charge is 2.44. The molecule has 8 nitrogen and oxygen atoms in total. The Morgan fingerprint density at radius 2 is 1.73 bits per heavy atom. The number of amides is 2. The van der Waals surface area contributed by atoms with E-state index in [-0.39, 0.29) is 29.1 Å². The fourth-order valence-electron chi connectivity index (χ4n) is 4.62. The quantitative estimate of drug-likeness (QED) is 0.608. The lowest BCUT2D eigenvalue weighted by molar-refractivity contribution is -0.138. The Kier molecular flexibility index (Phi) is 5.28. The molecule has 3 aromatic rings. The molecule has 0 unspecified atom stereocenters. The summed E-state index contributed by atoms with van der Waals surface area (Å²) < 4.78 is 6.80. The SMILES string of the molecule is Cc1[nH]n(-c2ccccc2)c(=O)c1C1=C(N2CCC(C)CC2)C(=O)N(Cc2ccco2)C1=O. The summed E-state index contributed by atoms with van der Waals surface area (Å²) in [5.41, 5.74) is 1.59. The molecular formula is C25H26N4O4. The van der Waals surface area contributed by atoms with E-state index in [4.69, 9.17) is 4.42 Å². The lowest BCUT2D eigenvalue weighted by atomic mass is 9.97. The van der Waals surface area contributed by atoms with Crippen molar-refractivity contribution in [3.63, 3.8) is 0 Å². The Morgan fingerprint density at radius 1 is 1.00 bits per heavy atom. The van der Waals surface area contributed by atoms with Crippen LogP contribution >= 0.6 is 0 Å². The lowest BCUT2D eigenvalue weighted by Gasteiger charge is -2.32. The maximum absolute atomic E-state index is 13.6. The zero-order chi connectivity index (χ0) is 23.1. The maximum atomic E-state index is 13.6. The standard InChI is InChI=1S/C25H26N4O4/c1-16-10-12-27(13-11-16)22-21(23(30)28(25(22)32)15-19-9-6-14-33-19)20-17(2)26-29(24(20)31)18-7-4-3-5-8-18/h3-9,14,16,26H,10-13,15H2,1-2H3. The zero-order valence-electron chi connectivity index (χ0n) is 18.7. The molecule has 2 aromatic heterocycles. The summed E-state index contributed by atoms with van der Waals surface area (Å²) in [4.78, 5) is 43.8. The highest BCUT2D eigenvalue weighted by molar-refractivity contribution is 6.35. The second-order valence-electron chi connectivity index (χ2n) is 8.76. The number of para-hydroxylation sites is 1. The molecule has 33 heavy (non-hydrogen) atoms. The normalized spacial score (nSPS) is 17.5. The summed E-state index contributed by atoms with van der Waals surface area (Å²) in [7, 11) is 0. The van der Waals surface area contributed by atoms with Crippen molar-refractivity contribution < 1.29 is 14.0 Å². The van der Waals surface area contributed by atoms with Crippen molar-refractivity contribution in [3.8, 4) is 5.69 Å². The summed E-state index contributed by atoms with van der Waals surface area (Å²) in [6.45, 7) is 5.31. The minimum absolute atomic E-state index is 0.0260. The number of nitrogens with zero attached hydrogens (tertiary/aromatic N) is 3. The first-order valence-electron chi connectivity index (χ1n) is 11.2. The van der Waals surface area contributed by atoms with Crippen LogP contribution in [-0.2, 0) is 16.1 Å². The number of hydrogen-bond donors (Lipinski definition) is 1. The van der Waals surface area contributed by atoms with E-state index in [0.29, 0.717) is 41.8 Å². The molecule has 5 rings (SSSR count). The van der Waals surface area contributed by atoms with E-state index in [2.05, 4.69) is 12.0 Å². The number of rotatable bonds is 5. The van der Waals surface area contributed by atoms with Crippen LogP contribution in [0.25, 0.3) is 11.3 Å². The molecule has 1 aromatic carbocycles. The second-order valence-corrected chi connectivity index (χ2v) is 8.76. The number of aryl methyl sites for hydroxylation is 1. The third-order valence-corrected chi connectivity index (χ3v) is 6.47. The van der Waals surface area contributed by atoms with Crippen LogP contribution in [0.2, 0.25) is 0 Å². The van der Waals surface area contributed by atoms with Crippen molar-refractivity contribution in [1.82, 2.24) is 19.6 Å². The largest absolute Gasteiger partial charge is 0.467 e. The van der Waals surface area contributed by atoms with Gasteiger partial charge in [0.05, 0.1) is 29.6 Å². The third kappa shape index (κ3) is 3.61. The van der Waals surface area contributed by atoms with Crippen molar-refractivity contribution in [3.05, 3.63) is 81.8 Å². The molecule has 0 aliphatic carbocycles. The number of nitrogens with one attached hydrogen (secondary N) is 1. The maximum Gasteiger partial charge on any atom is 0.279 e. The molecule has 0 atom stereocenters. The molecule has 0 bridgehead atoms. The number of furan rings is 1. The number of carbonyl (C=O) groups excluding carboxylic acids is 2. The predicted molar refractivity (Wildman–Crippen MR) is 122 cm³/mol. The van der Waals surface area contributed by atoms with Gasteiger partial charge in [0.2, 0.25) is 0 Å². The molecule has 4 heterocycles. The van der Waals surface area contributed by atoms with E-state index in [1.54, 1.807) is 19.1 Å². The summed E-state index contributed by atoms with van der Waals surface area (Å²) >= 11 is 0. The topological polar surface area (TPSA) is 91.6 Å². The van der Waals surface area contributed by atoms with Gasteiger partial charge in [-0.1, -0.05) is 25.1 Å². The first-order chi connectivity index (χ1) is 16.0. The molecule has 2 aliphatic heterocycles. The van der Waals surface area contributed by atoms with Crippen LogP contribution < -0.4 is 5.56 Å². The van der Waals surface area contributed by atoms with Crippen LogP contribution in [0.1, 0.15) is 36.8 Å². The van der Waals surface area contributed by atoms with Gasteiger partial charge in [-0.2, -0.15) is 0 Å². The highest BCUT2D eigenvalue weighted by atomic mass is 16.3. The van der Waals surface area contributed by atoms with Gasteiger partial charge in [0.15, 0.2) is 0 Å². The molecule has 170 valence electrons. The number of aromatic nitrogens is 2. The summed E-state index contributed by atoms with van der Waals surface area (Å²) in [5.74, 6) is 0.217. The van der Waals surface area contributed by atoms with Crippen molar-refractivity contribution in [2.75, 3.05) is 13.1 Å². The summed E-state index contributed by atoms with van der Waals surface area (Å²) in [5, 5.41) is 3.08. The fourth-order valence-corrected chi connectivity index (χ4v) is 4.62. The number of imide groups is 1. The number of likely N-dealkylation sites (tertiary alicyclic amines) is 1. The van der Waals surface area contributed by atoms with Crippen LogP contribution in [-0.4, -0.2) is 44.5 Å². The van der Waals surface area contributed by atoms with E-state index in [1.165, 1.54) is 15.8 Å². The molecule has 0 saturated carbocycles. The Bertz CT molecular complexity index is 1280. The first kappa shape index (κ1) is 21.1. The lowest BCUT2D eigenvalue weighted by Crippen LogP contribution is -2.38. The molecular weight excluding hydrogens is 420 g/mol. The van der Waals surface area contributed by atoms with Gasteiger partial charge in [-0.15, -0.1) is 0 Å². The molecule has 1 N–H and O–H groups in total. The summed E-state index contributed by atoms with van der Waals surface area (Å²) in [6, 6.07) is 12.6. The van der Waals surface area contributed by atoms with Gasteiger partial charge in [0.25, 0.3) is 17.4 Å². The van der Waals surface area contributed by atoms with E-state index < -0.39 is 5.91 Å². The van der Waals surface area contributed by atoms with Gasteiger partial charge in [0.1, 0.15) is 11.5 Å². The Balaban J connectivity index is 1.63. The van der Waals surface area contributed by atoms with Crippen molar-refractivity contribution in [1.29, 1.82) is 0 Å². The van der Waals surface area contributed by atoms with Gasteiger partial charge in [0, 0.05) is 18.8 Å². The average molecular weight is 447 g/mol. The molecule has 1 fully saturated rings. The second kappa shape index (κ2) is 8.27. The number of aromatic amines is 1. The van der Waals surface area contributed by atoms with Crippen LogP contribution in [0.3, 0.4) is 0 Å². The average Bonchev–Trinajstić information content (AvgIpc) is 3.49.